The van der Waals surface area contributed by atoms with E-state index in [0.29, 0.717) is 16.5 Å². The van der Waals surface area contributed by atoms with Crippen LogP contribution < -0.4 is 5.32 Å². The number of nitrogens with one attached hydrogen (secondary N) is 1. The van der Waals surface area contributed by atoms with E-state index >= 15 is 0 Å². The lowest BCUT2D eigenvalue weighted by Crippen LogP contribution is -2.13. The third kappa shape index (κ3) is 3.35. The number of nitrogens with zero attached hydrogens (tertiary/aromatic N) is 4. The van der Waals surface area contributed by atoms with Gasteiger partial charge in [0.1, 0.15) is 0 Å². The van der Waals surface area contributed by atoms with Gasteiger partial charge in [0, 0.05) is 17.1 Å². The summed E-state index contributed by atoms with van der Waals surface area (Å²) in [4.78, 5) is 21.7. The quantitative estimate of drug-likeness (QED) is 0.446. The van der Waals surface area contributed by atoms with Crippen molar-refractivity contribution in [2.75, 3.05) is 5.32 Å². The Hall–Kier alpha value is -3.84. The molecule has 3 aromatic heterocycles. The average molecular weight is 411 g/mol. The van der Waals surface area contributed by atoms with Crippen molar-refractivity contribution in [3.05, 3.63) is 89.7 Å². The number of hydrogen-bond donors (Lipinski definition) is 1. The van der Waals surface area contributed by atoms with Crippen LogP contribution in [0.15, 0.2) is 78.4 Å². The number of carbonyl (C=O) groups excluding carboxylic acids is 1. The Morgan fingerprint density at radius 1 is 1.03 bits per heavy atom. The van der Waals surface area contributed by atoms with Gasteiger partial charge >= 0.3 is 0 Å². The van der Waals surface area contributed by atoms with Gasteiger partial charge in [0.2, 0.25) is 0 Å². The lowest BCUT2D eigenvalue weighted by atomic mass is 10.1. The maximum atomic E-state index is 12.8. The summed E-state index contributed by atoms with van der Waals surface area (Å²) in [6, 6.07) is 20.0. The smallest absolute Gasteiger partial charge is 0.260 e. The van der Waals surface area contributed by atoms with Crippen LogP contribution in [0.5, 0.6) is 0 Å². The van der Waals surface area contributed by atoms with Gasteiger partial charge in [-0.05, 0) is 35.9 Å². The Kier molecular flexibility index (Phi) is 4.57. The van der Waals surface area contributed by atoms with Gasteiger partial charge in [0.05, 0.1) is 23.1 Å². The van der Waals surface area contributed by atoms with Gasteiger partial charge in [-0.25, -0.2) is 14.6 Å². The summed E-state index contributed by atoms with van der Waals surface area (Å²) in [5.74, 6) is 0.427. The summed E-state index contributed by atoms with van der Waals surface area (Å²) in [5, 5.41) is 12.0. The zero-order valence-electron chi connectivity index (χ0n) is 16.1. The van der Waals surface area contributed by atoms with Crippen molar-refractivity contribution in [1.82, 2.24) is 19.7 Å². The fourth-order valence-corrected chi connectivity index (χ4v) is 4.03. The maximum absolute atomic E-state index is 12.8. The molecule has 5 rings (SSSR count). The molecule has 0 aliphatic rings. The van der Waals surface area contributed by atoms with E-state index < -0.39 is 0 Å². The van der Waals surface area contributed by atoms with Crippen LogP contribution in [0.25, 0.3) is 27.8 Å². The summed E-state index contributed by atoms with van der Waals surface area (Å²) < 4.78 is 1.65. The summed E-state index contributed by atoms with van der Waals surface area (Å²) in [7, 11) is 0. The minimum atomic E-state index is -0.242. The van der Waals surface area contributed by atoms with E-state index in [-0.39, 0.29) is 5.91 Å². The van der Waals surface area contributed by atoms with Gasteiger partial charge in [0.15, 0.2) is 10.9 Å². The highest BCUT2D eigenvalue weighted by atomic mass is 32.1. The number of carbonyl (C=O) groups is 1. The zero-order valence-corrected chi connectivity index (χ0v) is 16.9. The number of benzene rings is 2. The lowest BCUT2D eigenvalue weighted by molar-refractivity contribution is 0.102. The highest BCUT2D eigenvalue weighted by Gasteiger charge is 2.17. The fourth-order valence-electron chi connectivity index (χ4n) is 3.32. The van der Waals surface area contributed by atoms with Crippen molar-refractivity contribution in [3.63, 3.8) is 0 Å². The molecule has 1 amide bonds. The predicted octanol–water partition coefficient (Wildman–Crippen LogP) is 5.10. The number of hydrogen-bond acceptors (Lipinski definition) is 5. The highest BCUT2D eigenvalue weighted by molar-refractivity contribution is 7.14. The van der Waals surface area contributed by atoms with E-state index in [2.05, 4.69) is 44.6 Å². The molecule has 3 heterocycles. The molecule has 0 saturated heterocycles. The van der Waals surface area contributed by atoms with Crippen molar-refractivity contribution in [2.45, 2.75) is 6.92 Å². The largest absolute Gasteiger partial charge is 0.298 e. The van der Waals surface area contributed by atoms with Crippen molar-refractivity contribution >= 4 is 33.1 Å². The normalized spacial score (nSPS) is 11.0. The molecular weight excluding hydrogens is 394 g/mol. The molecule has 0 spiro atoms. The molecule has 146 valence electrons. The number of pyridine rings is 1. The number of fused-ring (bicyclic) bond motifs is 1. The summed E-state index contributed by atoms with van der Waals surface area (Å²) in [6.07, 6.45) is 3.25. The number of thiazole rings is 1. The molecule has 0 saturated carbocycles. The van der Waals surface area contributed by atoms with Crippen LogP contribution in [-0.2, 0) is 0 Å². The van der Waals surface area contributed by atoms with Gasteiger partial charge in [-0.1, -0.05) is 42.5 Å². The Morgan fingerprint density at radius 3 is 2.70 bits per heavy atom. The highest BCUT2D eigenvalue weighted by Crippen LogP contribution is 2.28. The molecule has 1 N–H and O–H groups in total. The first kappa shape index (κ1) is 18.2. The third-order valence-corrected chi connectivity index (χ3v) is 5.65. The number of amides is 1. The third-order valence-electron chi connectivity index (χ3n) is 4.89. The van der Waals surface area contributed by atoms with Gasteiger partial charge in [0.25, 0.3) is 5.91 Å². The molecule has 0 radical (unpaired) electrons. The minimum absolute atomic E-state index is 0.242. The fraction of sp³-hybridized carbons (Fsp3) is 0.0435. The first-order valence-electron chi connectivity index (χ1n) is 9.41. The van der Waals surface area contributed by atoms with Crippen molar-refractivity contribution in [3.8, 4) is 17.1 Å². The van der Waals surface area contributed by atoms with Crippen LogP contribution in [0.2, 0.25) is 0 Å². The molecule has 6 nitrogen and oxygen atoms in total. The Morgan fingerprint density at radius 2 is 1.87 bits per heavy atom. The second-order valence-electron chi connectivity index (χ2n) is 6.80. The standard InChI is InChI=1S/C23H17N5OS/c1-15-19(13-25-28(15)21-8-4-5-11-24-21)22(29)27-23-26-20(14-30-23)18-10-9-16-6-2-3-7-17(16)12-18/h2-14H,1H3,(H,26,27,29). The first-order chi connectivity index (χ1) is 14.7. The van der Waals surface area contributed by atoms with Crippen LogP contribution in [0.3, 0.4) is 0 Å². The Bertz CT molecular complexity index is 1360. The predicted molar refractivity (Wildman–Crippen MR) is 119 cm³/mol. The molecule has 5 aromatic rings. The van der Waals surface area contributed by atoms with Gasteiger partial charge in [-0.3, -0.25) is 10.1 Å². The molecule has 0 fully saturated rings. The van der Waals surface area contributed by atoms with Crippen molar-refractivity contribution < 1.29 is 4.79 Å². The maximum Gasteiger partial charge on any atom is 0.260 e. The summed E-state index contributed by atoms with van der Waals surface area (Å²) in [6.45, 7) is 1.85. The molecule has 7 heteroatoms. The SMILES string of the molecule is Cc1c(C(=O)Nc2nc(-c3ccc4ccccc4c3)cs2)cnn1-c1ccccn1. The molecule has 0 unspecified atom stereocenters. The van der Waals surface area contributed by atoms with E-state index in [0.717, 1.165) is 22.3 Å². The van der Waals surface area contributed by atoms with E-state index in [1.807, 2.05) is 48.7 Å². The van der Waals surface area contributed by atoms with Crippen LogP contribution in [0, 0.1) is 6.92 Å². The van der Waals surface area contributed by atoms with Crippen LogP contribution in [0.4, 0.5) is 5.13 Å². The number of rotatable bonds is 4. The van der Waals surface area contributed by atoms with Crippen LogP contribution in [0.1, 0.15) is 16.1 Å². The van der Waals surface area contributed by atoms with Gasteiger partial charge in [-0.2, -0.15) is 5.10 Å². The van der Waals surface area contributed by atoms with Gasteiger partial charge in [-0.15, -0.1) is 11.3 Å². The molecule has 0 aliphatic heterocycles. The molecular formula is C23H17N5OS. The Balaban J connectivity index is 1.37. The zero-order chi connectivity index (χ0) is 20.5. The van der Waals surface area contributed by atoms with Crippen molar-refractivity contribution in [1.29, 1.82) is 0 Å². The number of aromatic nitrogens is 4. The molecule has 0 bridgehead atoms. The number of anilines is 1. The molecule has 2 aromatic carbocycles. The minimum Gasteiger partial charge on any atom is -0.298 e. The van der Waals surface area contributed by atoms with E-state index in [1.165, 1.54) is 16.7 Å². The second-order valence-corrected chi connectivity index (χ2v) is 7.66. The monoisotopic (exact) mass is 411 g/mol. The van der Waals surface area contributed by atoms with Crippen molar-refractivity contribution in [2.24, 2.45) is 0 Å². The lowest BCUT2D eigenvalue weighted by Gasteiger charge is -2.04. The van der Waals surface area contributed by atoms with E-state index in [9.17, 15) is 4.79 Å². The Labute approximate surface area is 176 Å². The van der Waals surface area contributed by atoms with E-state index in [1.54, 1.807) is 17.1 Å². The molecule has 0 atom stereocenters. The molecule has 0 aliphatic carbocycles. The van der Waals surface area contributed by atoms with Crippen LogP contribution in [-0.4, -0.2) is 25.7 Å². The summed E-state index contributed by atoms with van der Waals surface area (Å²) >= 11 is 1.40. The van der Waals surface area contributed by atoms with E-state index in [4.69, 9.17) is 0 Å². The second kappa shape index (κ2) is 7.53. The average Bonchev–Trinajstić information content (AvgIpc) is 3.40. The van der Waals surface area contributed by atoms with Crippen LogP contribution >= 0.6 is 11.3 Å². The summed E-state index contributed by atoms with van der Waals surface area (Å²) in [5.41, 5.74) is 3.06. The first-order valence-corrected chi connectivity index (χ1v) is 10.3. The topological polar surface area (TPSA) is 72.7 Å². The van der Waals surface area contributed by atoms with Gasteiger partial charge < -0.3 is 0 Å². The molecule has 30 heavy (non-hydrogen) atoms.